The van der Waals surface area contributed by atoms with Crippen LogP contribution >= 0.6 is 23.2 Å². The lowest BCUT2D eigenvalue weighted by atomic mass is 9.71. The van der Waals surface area contributed by atoms with Crippen molar-refractivity contribution in [2.24, 2.45) is 23.2 Å². The average molecular weight is 307 g/mol. The van der Waals surface area contributed by atoms with E-state index >= 15 is 0 Å². The summed E-state index contributed by atoms with van der Waals surface area (Å²) in [7, 11) is 0. The van der Waals surface area contributed by atoms with Crippen LogP contribution in [-0.4, -0.2) is 34.9 Å². The van der Waals surface area contributed by atoms with Gasteiger partial charge in [-0.1, -0.05) is 0 Å². The Morgan fingerprint density at radius 2 is 1.74 bits per heavy atom. The van der Waals surface area contributed by atoms with E-state index in [4.69, 9.17) is 27.9 Å². The first kappa shape index (κ1) is 14.8. The predicted molar refractivity (Wildman–Crippen MR) is 70.2 cm³/mol. The Kier molecular flexibility index (Phi) is 3.69. The van der Waals surface area contributed by atoms with E-state index in [1.165, 1.54) is 0 Å². The van der Waals surface area contributed by atoms with Crippen LogP contribution in [0.1, 0.15) is 20.8 Å². The SMILES string of the molecule is CC(C)(C)C(=O)OC[C@H]1C(=O)C(=O)[C@@H]2[C@@H](Cl)[C@H](Cl)[C@@H]21. The molecule has 0 aromatic carbocycles. The standard InChI is InChI=1S/C13H16Cl2O4/c1-13(2,3)12(18)19-4-5-6-7(9(15)8(6)14)11(17)10(5)16/h5-9H,4H2,1-3H3/t5-,6-,7+,8-,9-/m1/s1. The number of ether oxygens (including phenoxy) is 1. The van der Waals surface area contributed by atoms with Crippen molar-refractivity contribution in [2.45, 2.75) is 31.5 Å². The minimum atomic E-state index is -0.639. The molecule has 19 heavy (non-hydrogen) atoms. The van der Waals surface area contributed by atoms with E-state index in [1.54, 1.807) is 20.8 Å². The largest absolute Gasteiger partial charge is 0.464 e. The first-order valence-electron chi connectivity index (χ1n) is 6.19. The molecule has 106 valence electrons. The normalized spacial score (nSPS) is 37.8. The lowest BCUT2D eigenvalue weighted by molar-refractivity contribution is -0.155. The quantitative estimate of drug-likeness (QED) is 0.443. The number of ketones is 2. The summed E-state index contributed by atoms with van der Waals surface area (Å²) in [5, 5.41) is -0.910. The molecule has 0 aromatic heterocycles. The molecule has 0 spiro atoms. The highest BCUT2D eigenvalue weighted by atomic mass is 35.5. The Hall–Kier alpha value is -0.610. The second-order valence-corrected chi connectivity index (χ2v) is 7.18. The Morgan fingerprint density at radius 3 is 2.26 bits per heavy atom. The number of carbonyl (C=O) groups excluding carboxylic acids is 3. The van der Waals surface area contributed by atoms with Gasteiger partial charge in [-0.2, -0.15) is 0 Å². The van der Waals surface area contributed by atoms with Crippen molar-refractivity contribution in [1.82, 2.24) is 0 Å². The van der Waals surface area contributed by atoms with Crippen LogP contribution in [0.2, 0.25) is 0 Å². The fourth-order valence-corrected chi connectivity index (χ4v) is 3.50. The third kappa shape index (κ3) is 2.29. The molecule has 0 saturated heterocycles. The van der Waals surface area contributed by atoms with Crippen LogP contribution in [-0.2, 0) is 19.1 Å². The van der Waals surface area contributed by atoms with Gasteiger partial charge in [0.15, 0.2) is 0 Å². The molecule has 5 atom stereocenters. The van der Waals surface area contributed by atoms with Gasteiger partial charge < -0.3 is 4.74 Å². The number of hydrogen-bond donors (Lipinski definition) is 0. The van der Waals surface area contributed by atoms with E-state index < -0.39 is 45.5 Å². The van der Waals surface area contributed by atoms with Gasteiger partial charge in [-0.25, -0.2) is 0 Å². The fourth-order valence-electron chi connectivity index (χ4n) is 2.56. The van der Waals surface area contributed by atoms with E-state index in [0.717, 1.165) is 0 Å². The number of rotatable bonds is 2. The topological polar surface area (TPSA) is 60.4 Å². The number of halogens is 2. The molecule has 6 heteroatoms. The van der Waals surface area contributed by atoms with E-state index in [-0.39, 0.29) is 12.5 Å². The number of alkyl halides is 2. The zero-order valence-corrected chi connectivity index (χ0v) is 12.5. The first-order chi connectivity index (χ1) is 8.66. The van der Waals surface area contributed by atoms with Gasteiger partial charge in [0.2, 0.25) is 11.6 Å². The second-order valence-electron chi connectivity index (χ2n) is 6.18. The second kappa shape index (κ2) is 4.74. The van der Waals surface area contributed by atoms with E-state index in [2.05, 4.69) is 0 Å². The maximum atomic E-state index is 11.9. The molecule has 0 N–H and O–H groups in total. The maximum absolute atomic E-state index is 11.9. The number of esters is 1. The molecule has 2 aliphatic rings. The van der Waals surface area contributed by atoms with Crippen LogP contribution < -0.4 is 0 Å². The van der Waals surface area contributed by atoms with Crippen molar-refractivity contribution in [3.63, 3.8) is 0 Å². The molecule has 0 aliphatic heterocycles. The molecule has 0 amide bonds. The molecule has 4 nitrogen and oxygen atoms in total. The Morgan fingerprint density at radius 1 is 1.16 bits per heavy atom. The van der Waals surface area contributed by atoms with Gasteiger partial charge in [-0.15, -0.1) is 23.2 Å². The van der Waals surface area contributed by atoms with Crippen LogP contribution in [0.3, 0.4) is 0 Å². The molecule has 2 saturated carbocycles. The van der Waals surface area contributed by atoms with Gasteiger partial charge in [0, 0.05) is 11.8 Å². The van der Waals surface area contributed by atoms with Gasteiger partial charge in [0.1, 0.15) is 6.61 Å². The van der Waals surface area contributed by atoms with Crippen LogP contribution in [0, 0.1) is 23.2 Å². The molecule has 2 rings (SSSR count). The lowest BCUT2D eigenvalue weighted by Gasteiger charge is -2.41. The highest BCUT2D eigenvalue weighted by Gasteiger charge is 2.64. The van der Waals surface area contributed by atoms with Gasteiger partial charge in [-0.05, 0) is 20.8 Å². The summed E-state index contributed by atoms with van der Waals surface area (Å²) in [6.07, 6.45) is 0. The minimum Gasteiger partial charge on any atom is -0.464 e. The number of carbonyl (C=O) groups is 3. The van der Waals surface area contributed by atoms with Gasteiger partial charge in [0.25, 0.3) is 0 Å². The van der Waals surface area contributed by atoms with E-state index in [1.807, 2.05) is 0 Å². The highest BCUT2D eigenvalue weighted by molar-refractivity contribution is 6.46. The summed E-state index contributed by atoms with van der Waals surface area (Å²) < 4.78 is 5.13. The number of Topliss-reactive ketones (excluding diaryl/α,β-unsaturated/α-hetero) is 2. The smallest absolute Gasteiger partial charge is 0.311 e. The Bertz CT molecular complexity index is 440. The molecule has 0 heterocycles. The predicted octanol–water partition coefficient (Wildman–Crippen LogP) is 1.80. The van der Waals surface area contributed by atoms with E-state index in [0.29, 0.717) is 0 Å². The van der Waals surface area contributed by atoms with Gasteiger partial charge in [0.05, 0.1) is 22.1 Å². The van der Waals surface area contributed by atoms with Crippen molar-refractivity contribution in [1.29, 1.82) is 0 Å². The molecule has 0 bridgehead atoms. The van der Waals surface area contributed by atoms with Gasteiger partial charge >= 0.3 is 5.97 Å². The summed E-state index contributed by atoms with van der Waals surface area (Å²) in [6, 6.07) is 0. The average Bonchev–Trinajstić information content (AvgIpc) is 2.55. The minimum absolute atomic E-state index is 0.0886. The Labute approximate surface area is 121 Å². The molecule has 0 aromatic rings. The third-order valence-electron chi connectivity index (χ3n) is 3.78. The lowest BCUT2D eigenvalue weighted by Crippen LogP contribution is -2.51. The summed E-state index contributed by atoms with van der Waals surface area (Å²) in [6.45, 7) is 5.08. The van der Waals surface area contributed by atoms with Crippen molar-refractivity contribution >= 4 is 40.7 Å². The van der Waals surface area contributed by atoms with Crippen LogP contribution in [0.25, 0.3) is 0 Å². The summed E-state index contributed by atoms with van der Waals surface area (Å²) >= 11 is 12.0. The van der Waals surface area contributed by atoms with Crippen LogP contribution in [0.15, 0.2) is 0 Å². The molecule has 2 aliphatic carbocycles. The number of fused-ring (bicyclic) bond motifs is 1. The molecule has 0 radical (unpaired) electrons. The molecular formula is C13H16Cl2O4. The van der Waals surface area contributed by atoms with E-state index in [9.17, 15) is 14.4 Å². The summed E-state index contributed by atoms with van der Waals surface area (Å²) in [5.74, 6) is -2.82. The van der Waals surface area contributed by atoms with Crippen molar-refractivity contribution in [2.75, 3.05) is 6.61 Å². The zero-order chi connectivity index (χ0) is 14.5. The van der Waals surface area contributed by atoms with Crippen LogP contribution in [0.5, 0.6) is 0 Å². The zero-order valence-electron chi connectivity index (χ0n) is 11.0. The molecule has 0 unspecified atom stereocenters. The monoisotopic (exact) mass is 306 g/mol. The maximum Gasteiger partial charge on any atom is 0.311 e. The molecule has 2 fully saturated rings. The first-order valence-corrected chi connectivity index (χ1v) is 7.07. The third-order valence-corrected chi connectivity index (χ3v) is 5.02. The highest BCUT2D eigenvalue weighted by Crippen LogP contribution is 2.52. The van der Waals surface area contributed by atoms with Crippen LogP contribution in [0.4, 0.5) is 0 Å². The van der Waals surface area contributed by atoms with Gasteiger partial charge in [-0.3, -0.25) is 14.4 Å². The Balaban J connectivity index is 2.04. The van der Waals surface area contributed by atoms with Crippen molar-refractivity contribution in [3.8, 4) is 0 Å². The van der Waals surface area contributed by atoms with Crippen molar-refractivity contribution < 1.29 is 19.1 Å². The molecular weight excluding hydrogens is 291 g/mol. The summed E-state index contributed by atoms with van der Waals surface area (Å²) in [5.41, 5.74) is -0.639. The van der Waals surface area contributed by atoms with Crippen molar-refractivity contribution in [3.05, 3.63) is 0 Å². The summed E-state index contributed by atoms with van der Waals surface area (Å²) in [4.78, 5) is 35.3. The number of hydrogen-bond acceptors (Lipinski definition) is 4. The fraction of sp³-hybridized carbons (Fsp3) is 0.769.